The topological polar surface area (TPSA) is 93.3 Å². The Morgan fingerprint density at radius 3 is 2.61 bits per heavy atom. The zero-order chi connectivity index (χ0) is 23.2. The van der Waals surface area contributed by atoms with Gasteiger partial charge in [-0.2, -0.15) is 0 Å². The lowest BCUT2D eigenvalue weighted by molar-refractivity contribution is -0.385. The van der Waals surface area contributed by atoms with Gasteiger partial charge in [-0.3, -0.25) is 19.8 Å². The van der Waals surface area contributed by atoms with Gasteiger partial charge in [-0.1, -0.05) is 38.3 Å². The summed E-state index contributed by atoms with van der Waals surface area (Å²) < 4.78 is 2.30. The highest BCUT2D eigenvalue weighted by Crippen LogP contribution is 2.25. The van der Waals surface area contributed by atoms with E-state index in [1.54, 1.807) is 12.1 Å². The molecule has 33 heavy (non-hydrogen) atoms. The molecule has 0 radical (unpaired) electrons. The Hall–Kier alpha value is -3.26. The summed E-state index contributed by atoms with van der Waals surface area (Å²) in [6.07, 6.45) is 7.24. The number of imidazole rings is 1. The van der Waals surface area contributed by atoms with Gasteiger partial charge in [0.1, 0.15) is 11.4 Å². The zero-order valence-corrected chi connectivity index (χ0v) is 19.1. The van der Waals surface area contributed by atoms with E-state index in [1.165, 1.54) is 37.8 Å². The molecule has 1 aliphatic rings. The van der Waals surface area contributed by atoms with E-state index in [4.69, 9.17) is 4.98 Å². The van der Waals surface area contributed by atoms with Crippen molar-refractivity contribution >= 4 is 28.3 Å². The normalized spacial score (nSPS) is 14.8. The highest BCUT2D eigenvalue weighted by Gasteiger charge is 2.20. The van der Waals surface area contributed by atoms with Gasteiger partial charge in [0.05, 0.1) is 22.5 Å². The van der Waals surface area contributed by atoms with E-state index in [2.05, 4.69) is 21.7 Å². The van der Waals surface area contributed by atoms with Gasteiger partial charge in [-0.05, 0) is 56.6 Å². The van der Waals surface area contributed by atoms with Gasteiger partial charge in [-0.25, -0.2) is 4.98 Å². The standard InChI is InChI=1S/C25H31N5O3/c1-2-3-16-29-23-13-12-19(26-25(31)20-10-6-7-11-22(20)30(32)33)17-21(23)27-24(29)18-28-14-8-4-5-9-15-28/h6-7,10-13,17H,2-5,8-9,14-16,18H2,1H3,(H,26,31). The number of aryl methyl sites for hydroxylation is 1. The molecule has 0 atom stereocenters. The van der Waals surface area contributed by atoms with E-state index in [9.17, 15) is 14.9 Å². The SMILES string of the molecule is CCCCn1c(CN2CCCCCC2)nc2cc(NC(=O)c3ccccc3[N+](=O)[O-])ccc21. The largest absolute Gasteiger partial charge is 0.327 e. The smallest absolute Gasteiger partial charge is 0.282 e. The first-order chi connectivity index (χ1) is 16.1. The van der Waals surface area contributed by atoms with Crippen molar-refractivity contribution in [3.05, 3.63) is 64.0 Å². The number of carbonyl (C=O) groups excluding carboxylic acids is 1. The van der Waals surface area contributed by atoms with E-state index >= 15 is 0 Å². The molecule has 3 aromatic rings. The average Bonchev–Trinajstić information content (AvgIpc) is 2.96. The van der Waals surface area contributed by atoms with Crippen molar-refractivity contribution < 1.29 is 9.72 Å². The van der Waals surface area contributed by atoms with Crippen LogP contribution in [-0.2, 0) is 13.1 Å². The maximum absolute atomic E-state index is 12.7. The Balaban J connectivity index is 1.60. The zero-order valence-electron chi connectivity index (χ0n) is 19.1. The van der Waals surface area contributed by atoms with E-state index < -0.39 is 10.8 Å². The molecule has 1 saturated heterocycles. The average molecular weight is 450 g/mol. The molecule has 8 nitrogen and oxygen atoms in total. The number of nitro benzene ring substituents is 1. The highest BCUT2D eigenvalue weighted by molar-refractivity contribution is 6.07. The fourth-order valence-corrected chi connectivity index (χ4v) is 4.46. The maximum atomic E-state index is 12.7. The van der Waals surface area contributed by atoms with Crippen LogP contribution >= 0.6 is 0 Å². The number of anilines is 1. The second kappa shape index (κ2) is 10.6. The summed E-state index contributed by atoms with van der Waals surface area (Å²) in [4.78, 5) is 30.9. The van der Waals surface area contributed by atoms with Crippen molar-refractivity contribution in [3.8, 4) is 0 Å². The van der Waals surface area contributed by atoms with Gasteiger partial charge in [0.25, 0.3) is 11.6 Å². The van der Waals surface area contributed by atoms with Crippen LogP contribution in [-0.4, -0.2) is 38.4 Å². The predicted octanol–water partition coefficient (Wildman–Crippen LogP) is 5.37. The summed E-state index contributed by atoms with van der Waals surface area (Å²) in [6.45, 7) is 6.14. The number of nitrogens with one attached hydrogen (secondary N) is 1. The Morgan fingerprint density at radius 2 is 1.88 bits per heavy atom. The van der Waals surface area contributed by atoms with Crippen LogP contribution in [0.5, 0.6) is 0 Å². The number of para-hydroxylation sites is 1. The predicted molar refractivity (Wildman–Crippen MR) is 129 cm³/mol. The van der Waals surface area contributed by atoms with E-state index in [0.29, 0.717) is 5.69 Å². The number of unbranched alkanes of at least 4 members (excludes halogenated alkanes) is 1. The second-order valence-electron chi connectivity index (χ2n) is 8.66. The Bertz CT molecular complexity index is 1130. The first kappa shape index (κ1) is 22.9. The molecule has 0 spiro atoms. The lowest BCUT2D eigenvalue weighted by Gasteiger charge is -2.20. The molecule has 0 aliphatic carbocycles. The molecule has 0 saturated carbocycles. The van der Waals surface area contributed by atoms with Gasteiger partial charge in [0.2, 0.25) is 0 Å². The third-order valence-corrected chi connectivity index (χ3v) is 6.23. The van der Waals surface area contributed by atoms with Gasteiger partial charge in [0.15, 0.2) is 0 Å². The van der Waals surface area contributed by atoms with Crippen LogP contribution < -0.4 is 5.32 Å². The Morgan fingerprint density at radius 1 is 1.12 bits per heavy atom. The van der Waals surface area contributed by atoms with Crippen LogP contribution in [0.15, 0.2) is 42.5 Å². The van der Waals surface area contributed by atoms with Crippen LogP contribution in [0.4, 0.5) is 11.4 Å². The minimum absolute atomic E-state index is 0.0397. The van der Waals surface area contributed by atoms with Crippen molar-refractivity contribution in [2.24, 2.45) is 0 Å². The molecule has 8 heteroatoms. The third kappa shape index (κ3) is 5.39. The molecule has 4 rings (SSSR count). The second-order valence-corrected chi connectivity index (χ2v) is 8.66. The van der Waals surface area contributed by atoms with Gasteiger partial charge in [-0.15, -0.1) is 0 Å². The van der Waals surface area contributed by atoms with Gasteiger partial charge >= 0.3 is 0 Å². The fourth-order valence-electron chi connectivity index (χ4n) is 4.46. The van der Waals surface area contributed by atoms with Crippen LogP contribution in [0, 0.1) is 10.1 Å². The van der Waals surface area contributed by atoms with Crippen molar-refractivity contribution in [2.45, 2.75) is 58.5 Å². The van der Waals surface area contributed by atoms with Crippen LogP contribution in [0.25, 0.3) is 11.0 Å². The molecule has 1 aliphatic heterocycles. The molecule has 0 bridgehead atoms. The monoisotopic (exact) mass is 449 g/mol. The van der Waals surface area contributed by atoms with Crippen LogP contribution in [0.3, 0.4) is 0 Å². The number of nitro groups is 1. The number of rotatable bonds is 8. The molecular weight excluding hydrogens is 418 g/mol. The Kier molecular flexibility index (Phi) is 7.34. The minimum atomic E-state index is -0.539. The molecule has 2 aromatic carbocycles. The first-order valence-corrected chi connectivity index (χ1v) is 11.8. The third-order valence-electron chi connectivity index (χ3n) is 6.23. The molecule has 1 aromatic heterocycles. The van der Waals surface area contributed by atoms with E-state index in [1.807, 2.05) is 18.2 Å². The number of carbonyl (C=O) groups is 1. The van der Waals surface area contributed by atoms with Gasteiger partial charge in [0, 0.05) is 18.3 Å². The molecular formula is C25H31N5O3. The highest BCUT2D eigenvalue weighted by atomic mass is 16.6. The van der Waals surface area contributed by atoms with Crippen LogP contribution in [0.1, 0.15) is 61.6 Å². The summed E-state index contributed by atoms with van der Waals surface area (Å²) in [5.74, 6) is 0.555. The lowest BCUT2D eigenvalue weighted by Crippen LogP contribution is -2.26. The minimum Gasteiger partial charge on any atom is -0.327 e. The maximum Gasteiger partial charge on any atom is 0.282 e. The Labute approximate surface area is 193 Å². The van der Waals surface area contributed by atoms with Crippen molar-refractivity contribution in [2.75, 3.05) is 18.4 Å². The van der Waals surface area contributed by atoms with Gasteiger partial charge < -0.3 is 9.88 Å². The lowest BCUT2D eigenvalue weighted by atomic mass is 10.1. The van der Waals surface area contributed by atoms with E-state index in [-0.39, 0.29) is 11.3 Å². The fraction of sp³-hybridized carbons (Fsp3) is 0.440. The quantitative estimate of drug-likeness (QED) is 0.368. The van der Waals surface area contributed by atoms with E-state index in [0.717, 1.165) is 55.9 Å². The summed E-state index contributed by atoms with van der Waals surface area (Å²) in [5.41, 5.74) is 2.29. The first-order valence-electron chi connectivity index (χ1n) is 11.8. The van der Waals surface area contributed by atoms with Crippen LogP contribution in [0.2, 0.25) is 0 Å². The number of hydrogen-bond donors (Lipinski definition) is 1. The number of amides is 1. The number of benzene rings is 2. The number of fused-ring (bicyclic) bond motifs is 1. The molecule has 1 N–H and O–H groups in total. The summed E-state index contributed by atoms with van der Waals surface area (Å²) in [5, 5.41) is 14.1. The number of hydrogen-bond acceptors (Lipinski definition) is 5. The molecule has 2 heterocycles. The van der Waals surface area contributed by atoms with Crippen molar-refractivity contribution in [1.29, 1.82) is 0 Å². The summed E-state index contributed by atoms with van der Waals surface area (Å²) in [7, 11) is 0. The number of aromatic nitrogens is 2. The molecule has 0 unspecified atom stereocenters. The summed E-state index contributed by atoms with van der Waals surface area (Å²) in [6, 6.07) is 11.7. The van der Waals surface area contributed by atoms with Crippen molar-refractivity contribution in [3.63, 3.8) is 0 Å². The summed E-state index contributed by atoms with van der Waals surface area (Å²) >= 11 is 0. The molecule has 1 fully saturated rings. The number of nitrogens with zero attached hydrogens (tertiary/aromatic N) is 4. The molecule has 1 amide bonds. The van der Waals surface area contributed by atoms with Crippen molar-refractivity contribution in [1.82, 2.24) is 14.5 Å². The number of likely N-dealkylation sites (tertiary alicyclic amines) is 1. The molecule has 174 valence electrons.